The van der Waals surface area contributed by atoms with E-state index in [9.17, 15) is 14.4 Å². The monoisotopic (exact) mass is 566 g/mol. The van der Waals surface area contributed by atoms with Gasteiger partial charge in [-0.2, -0.15) is 0 Å². The van der Waals surface area contributed by atoms with E-state index in [2.05, 4.69) is 20.9 Å². The van der Waals surface area contributed by atoms with E-state index >= 15 is 0 Å². The van der Waals surface area contributed by atoms with E-state index in [0.29, 0.717) is 46.3 Å². The van der Waals surface area contributed by atoms with Crippen molar-refractivity contribution < 1.29 is 23.8 Å². The lowest BCUT2D eigenvalue weighted by molar-refractivity contribution is -0.120. The van der Waals surface area contributed by atoms with E-state index in [1.165, 1.54) is 31.4 Å². The molecule has 0 fully saturated rings. The Bertz CT molecular complexity index is 1460. The van der Waals surface area contributed by atoms with Crippen molar-refractivity contribution in [2.45, 2.75) is 45.7 Å². The predicted octanol–water partition coefficient (Wildman–Crippen LogP) is 4.39. The highest BCUT2D eigenvalue weighted by molar-refractivity contribution is 7.13. The van der Waals surface area contributed by atoms with Crippen molar-refractivity contribution in [1.82, 2.24) is 10.3 Å². The first kappa shape index (κ1) is 28.9. The molecule has 40 heavy (non-hydrogen) atoms. The van der Waals surface area contributed by atoms with Crippen molar-refractivity contribution >= 4 is 34.0 Å². The van der Waals surface area contributed by atoms with E-state index in [4.69, 9.17) is 14.2 Å². The highest BCUT2D eigenvalue weighted by Crippen LogP contribution is 2.50. The third kappa shape index (κ3) is 5.89. The van der Waals surface area contributed by atoms with Gasteiger partial charge in [-0.05, 0) is 53.6 Å². The van der Waals surface area contributed by atoms with E-state index < -0.39 is 12.1 Å². The van der Waals surface area contributed by atoms with Crippen LogP contribution < -0.4 is 35.6 Å². The molecule has 0 saturated heterocycles. The molecule has 0 spiro atoms. The van der Waals surface area contributed by atoms with Gasteiger partial charge in [0.15, 0.2) is 16.6 Å². The number of ether oxygens (including phenoxy) is 3. The lowest BCUT2D eigenvalue weighted by atomic mass is 9.95. The molecule has 4 rings (SSSR count). The zero-order chi connectivity index (χ0) is 29.0. The van der Waals surface area contributed by atoms with Gasteiger partial charge in [-0.1, -0.05) is 19.9 Å². The van der Waals surface area contributed by atoms with Gasteiger partial charge in [0, 0.05) is 24.1 Å². The van der Waals surface area contributed by atoms with Crippen LogP contribution in [-0.4, -0.2) is 44.2 Å². The van der Waals surface area contributed by atoms with E-state index in [1.807, 2.05) is 26.0 Å². The van der Waals surface area contributed by atoms with Gasteiger partial charge in [-0.15, -0.1) is 11.3 Å². The Morgan fingerprint density at radius 1 is 1.07 bits per heavy atom. The number of nitrogens with zero attached hydrogens (tertiary/aromatic N) is 1. The smallest absolute Gasteiger partial charge is 0.248 e. The number of carbonyl (C=O) groups excluding carboxylic acids is 2. The van der Waals surface area contributed by atoms with Crippen LogP contribution in [0.3, 0.4) is 0 Å². The highest BCUT2D eigenvalue weighted by Gasteiger charge is 2.30. The molecular weight excluding hydrogens is 532 g/mol. The van der Waals surface area contributed by atoms with Crippen LogP contribution in [0, 0.1) is 5.92 Å². The summed E-state index contributed by atoms with van der Waals surface area (Å²) in [6, 6.07) is 5.80. The molecular formula is C29H34N4O6S. The number of thiazole rings is 1. The summed E-state index contributed by atoms with van der Waals surface area (Å²) in [5, 5.41) is 11.2. The van der Waals surface area contributed by atoms with E-state index in [-0.39, 0.29) is 28.8 Å². The topological polar surface area (TPSA) is 128 Å². The Kier molecular flexibility index (Phi) is 8.93. The van der Waals surface area contributed by atoms with Crippen LogP contribution in [0.15, 0.2) is 40.6 Å². The lowest BCUT2D eigenvalue weighted by Gasteiger charge is -2.21. The molecule has 0 radical (unpaired) electrons. The van der Waals surface area contributed by atoms with E-state index in [0.717, 1.165) is 11.1 Å². The van der Waals surface area contributed by atoms with Crippen molar-refractivity contribution in [3.63, 3.8) is 0 Å². The lowest BCUT2D eigenvalue weighted by Crippen LogP contribution is -2.39. The van der Waals surface area contributed by atoms with Gasteiger partial charge in [0.2, 0.25) is 23.0 Å². The summed E-state index contributed by atoms with van der Waals surface area (Å²) in [6.45, 7) is 5.25. The summed E-state index contributed by atoms with van der Waals surface area (Å²) in [7, 11) is 4.65. The van der Waals surface area contributed by atoms with Crippen molar-refractivity contribution in [2.75, 3.05) is 32.0 Å². The number of carbonyl (C=O) groups is 2. The van der Waals surface area contributed by atoms with Gasteiger partial charge >= 0.3 is 0 Å². The van der Waals surface area contributed by atoms with Crippen LogP contribution in [0.4, 0.5) is 10.8 Å². The summed E-state index contributed by atoms with van der Waals surface area (Å²) in [5.41, 5.74) is 2.98. The second-order valence-corrected chi connectivity index (χ2v) is 10.7. The summed E-state index contributed by atoms with van der Waals surface area (Å²) in [4.78, 5) is 43.0. The van der Waals surface area contributed by atoms with Crippen LogP contribution in [0.5, 0.6) is 17.2 Å². The molecule has 1 aliphatic rings. The standard InChI is InChI=1S/C29H34N4O6S/c1-15(2)25(28(36)33-29-30-11-12-40-29)32-21-10-8-18-19(14-22(21)35)20(31-16(3)34)9-7-17-13-23(37-4)26(38-5)27(39-6)24(17)18/h8,10-15,20,25H,7,9H2,1-6H3,(H,31,34)(H,32,35)(H,30,33,36)/t20-,25-/m1/s1. The van der Waals surface area contributed by atoms with Gasteiger partial charge in [-0.25, -0.2) is 4.98 Å². The number of anilines is 2. The van der Waals surface area contributed by atoms with Crippen molar-refractivity contribution in [3.8, 4) is 28.4 Å². The largest absolute Gasteiger partial charge is 0.493 e. The number of nitrogens with one attached hydrogen (secondary N) is 3. The molecule has 10 nitrogen and oxygen atoms in total. The number of rotatable bonds is 9. The van der Waals surface area contributed by atoms with Crippen LogP contribution in [0.2, 0.25) is 0 Å². The average molecular weight is 567 g/mol. The molecule has 0 bridgehead atoms. The van der Waals surface area contributed by atoms with Gasteiger partial charge in [0.25, 0.3) is 0 Å². The minimum Gasteiger partial charge on any atom is -0.493 e. The van der Waals surface area contributed by atoms with Crippen LogP contribution in [0.1, 0.15) is 44.4 Å². The summed E-state index contributed by atoms with van der Waals surface area (Å²) in [5.74, 6) is 0.789. The summed E-state index contributed by atoms with van der Waals surface area (Å²) in [6.07, 6.45) is 2.76. The molecule has 3 N–H and O–H groups in total. The Labute approximate surface area is 237 Å². The number of hydrogen-bond acceptors (Lipinski definition) is 9. The first-order valence-electron chi connectivity index (χ1n) is 12.9. The number of aryl methyl sites for hydroxylation is 1. The zero-order valence-corrected chi connectivity index (χ0v) is 24.2. The number of hydrogen-bond donors (Lipinski definition) is 3. The number of aromatic nitrogens is 1. The minimum absolute atomic E-state index is 0.132. The zero-order valence-electron chi connectivity index (χ0n) is 23.4. The number of fused-ring (bicyclic) bond motifs is 3. The van der Waals surface area contributed by atoms with Gasteiger partial charge < -0.3 is 30.2 Å². The molecule has 2 atom stereocenters. The third-order valence-corrected chi connectivity index (χ3v) is 7.53. The van der Waals surface area contributed by atoms with Gasteiger partial charge in [0.1, 0.15) is 6.04 Å². The van der Waals surface area contributed by atoms with Gasteiger partial charge in [0.05, 0.1) is 33.1 Å². The quantitative estimate of drug-likeness (QED) is 0.348. The summed E-state index contributed by atoms with van der Waals surface area (Å²) >= 11 is 1.32. The first-order chi connectivity index (χ1) is 19.2. The summed E-state index contributed by atoms with van der Waals surface area (Å²) < 4.78 is 17.1. The molecule has 1 heterocycles. The fourth-order valence-corrected chi connectivity index (χ4v) is 5.53. The van der Waals surface area contributed by atoms with Crippen LogP contribution in [-0.2, 0) is 16.0 Å². The first-order valence-corrected chi connectivity index (χ1v) is 13.8. The second kappa shape index (κ2) is 12.4. The fourth-order valence-electron chi connectivity index (χ4n) is 5.00. The van der Waals surface area contributed by atoms with Crippen LogP contribution in [0.25, 0.3) is 11.1 Å². The maximum Gasteiger partial charge on any atom is 0.248 e. The minimum atomic E-state index is -0.698. The normalized spacial score (nSPS) is 14.7. The highest BCUT2D eigenvalue weighted by atomic mass is 32.1. The predicted molar refractivity (Wildman–Crippen MR) is 156 cm³/mol. The van der Waals surface area contributed by atoms with E-state index in [1.54, 1.807) is 31.9 Å². The average Bonchev–Trinajstić information content (AvgIpc) is 3.32. The molecule has 3 aromatic rings. The molecule has 0 aliphatic heterocycles. The Morgan fingerprint density at radius 2 is 1.82 bits per heavy atom. The fraction of sp³-hybridized carbons (Fsp3) is 0.379. The molecule has 1 aromatic heterocycles. The number of benzene rings is 1. The SMILES string of the molecule is COc1cc2c(c(OC)c1OC)-c1ccc(N[C@@H](C(=O)Nc3nccs3)C(C)C)c(=O)cc1[C@H](NC(C)=O)CC2. The maximum atomic E-state index is 13.6. The van der Waals surface area contributed by atoms with Crippen molar-refractivity contribution in [3.05, 3.63) is 57.2 Å². The number of amides is 2. The molecule has 2 amide bonds. The molecule has 11 heteroatoms. The Balaban J connectivity index is 1.88. The molecule has 0 unspecified atom stereocenters. The molecule has 212 valence electrons. The Hall–Kier alpha value is -4.12. The van der Waals surface area contributed by atoms with Crippen molar-refractivity contribution in [2.24, 2.45) is 5.92 Å². The van der Waals surface area contributed by atoms with Crippen molar-refractivity contribution in [1.29, 1.82) is 0 Å². The second-order valence-electron chi connectivity index (χ2n) is 9.79. The van der Waals surface area contributed by atoms with Gasteiger partial charge in [-0.3, -0.25) is 14.4 Å². The maximum absolute atomic E-state index is 13.6. The van der Waals surface area contributed by atoms with Crippen LogP contribution >= 0.6 is 11.3 Å². The number of methoxy groups -OCH3 is 3. The molecule has 0 saturated carbocycles. The third-order valence-electron chi connectivity index (χ3n) is 6.84. The Morgan fingerprint density at radius 3 is 2.42 bits per heavy atom. The molecule has 2 aromatic carbocycles. The molecule has 1 aliphatic carbocycles.